The van der Waals surface area contributed by atoms with Gasteiger partial charge in [0.15, 0.2) is 0 Å². The molecule has 1 unspecified atom stereocenters. The smallest absolute Gasteiger partial charge is 0.270 e. The summed E-state index contributed by atoms with van der Waals surface area (Å²) in [6.07, 6.45) is 2.30. The number of nitrogens with one attached hydrogen (secondary N) is 1. The Bertz CT molecular complexity index is 849. The summed E-state index contributed by atoms with van der Waals surface area (Å²) in [5.74, 6) is -0.440. The predicted molar refractivity (Wildman–Crippen MR) is 88.0 cm³/mol. The number of aromatic nitrogens is 1. The number of nitriles is 1. The monoisotopic (exact) mass is 326 g/mol. The van der Waals surface area contributed by atoms with Crippen LogP contribution in [0.1, 0.15) is 28.9 Å². The van der Waals surface area contributed by atoms with Crippen molar-refractivity contribution in [2.75, 3.05) is 19.6 Å². The fourth-order valence-corrected chi connectivity index (χ4v) is 3.60. The number of fused-ring (bicyclic) bond motifs is 1. The van der Waals surface area contributed by atoms with Crippen LogP contribution in [0.25, 0.3) is 10.9 Å². The quantitative estimate of drug-likeness (QED) is 0.922. The van der Waals surface area contributed by atoms with Gasteiger partial charge in [0.25, 0.3) is 5.91 Å². The lowest BCUT2D eigenvalue weighted by molar-refractivity contribution is 0.0546. The number of aromatic amines is 1. The van der Waals surface area contributed by atoms with Crippen LogP contribution in [-0.2, 0) is 0 Å². The van der Waals surface area contributed by atoms with Crippen LogP contribution in [0.4, 0.5) is 4.39 Å². The molecule has 2 aromatic rings. The van der Waals surface area contributed by atoms with Crippen LogP contribution in [-0.4, -0.2) is 52.4 Å². The van der Waals surface area contributed by atoms with Crippen molar-refractivity contribution in [1.29, 1.82) is 5.26 Å². The Kier molecular flexibility index (Phi) is 3.54. The highest BCUT2D eigenvalue weighted by Gasteiger charge is 2.38. The zero-order valence-corrected chi connectivity index (χ0v) is 13.6. The molecule has 1 aliphatic carbocycles. The van der Waals surface area contributed by atoms with Crippen LogP contribution in [0.2, 0.25) is 0 Å². The molecule has 2 heterocycles. The molecule has 2 aliphatic rings. The number of hydrogen-bond acceptors (Lipinski definition) is 3. The fraction of sp³-hybridized carbons (Fsp3) is 0.444. The van der Waals surface area contributed by atoms with Crippen molar-refractivity contribution in [3.8, 4) is 6.07 Å². The summed E-state index contributed by atoms with van der Waals surface area (Å²) < 4.78 is 13.5. The molecule has 6 heteroatoms. The maximum absolute atomic E-state index is 13.5. The molecule has 5 nitrogen and oxygen atoms in total. The number of carbonyl (C=O) groups excluding carboxylic acids is 1. The summed E-state index contributed by atoms with van der Waals surface area (Å²) >= 11 is 0. The predicted octanol–water partition coefficient (Wildman–Crippen LogP) is 2.43. The second-order valence-corrected chi connectivity index (χ2v) is 6.73. The minimum atomic E-state index is -0.316. The average Bonchev–Trinajstić information content (AvgIpc) is 3.32. The normalized spacial score (nSPS) is 21.9. The van der Waals surface area contributed by atoms with Crippen LogP contribution < -0.4 is 0 Å². The van der Waals surface area contributed by atoms with Crippen LogP contribution >= 0.6 is 0 Å². The van der Waals surface area contributed by atoms with E-state index < -0.39 is 0 Å². The summed E-state index contributed by atoms with van der Waals surface area (Å²) in [6, 6.07) is 7.26. The molecule has 1 N–H and O–H groups in total. The van der Waals surface area contributed by atoms with E-state index in [1.54, 1.807) is 11.0 Å². The highest BCUT2D eigenvalue weighted by atomic mass is 19.1. The molecule has 0 spiro atoms. The van der Waals surface area contributed by atoms with Crippen molar-refractivity contribution in [2.24, 2.45) is 0 Å². The lowest BCUT2D eigenvalue weighted by atomic mass is 10.1. The van der Waals surface area contributed by atoms with Crippen LogP contribution in [0.3, 0.4) is 0 Å². The molecule has 1 saturated carbocycles. The second kappa shape index (κ2) is 5.60. The first-order valence-electron chi connectivity index (χ1n) is 8.30. The summed E-state index contributed by atoms with van der Waals surface area (Å²) in [6.45, 7) is 3.61. The van der Waals surface area contributed by atoms with Gasteiger partial charge in [-0.25, -0.2) is 4.39 Å². The van der Waals surface area contributed by atoms with Crippen molar-refractivity contribution < 1.29 is 9.18 Å². The molecule has 1 saturated heterocycles. The van der Waals surface area contributed by atoms with E-state index in [1.165, 1.54) is 12.1 Å². The molecular weight excluding hydrogens is 307 g/mol. The van der Waals surface area contributed by atoms with E-state index in [1.807, 2.05) is 6.92 Å². The molecule has 24 heavy (non-hydrogen) atoms. The Morgan fingerprint density at radius 1 is 1.33 bits per heavy atom. The van der Waals surface area contributed by atoms with E-state index in [0.29, 0.717) is 30.3 Å². The molecule has 4 rings (SSSR count). The van der Waals surface area contributed by atoms with Gasteiger partial charge in [-0.05, 0) is 43.5 Å². The SMILES string of the molecule is Cc1cc(F)cc2[nH]c(C(=O)N3CCN(C4CC4)C(C#N)C3)cc12. The Balaban J connectivity index is 1.57. The Morgan fingerprint density at radius 2 is 2.12 bits per heavy atom. The van der Waals surface area contributed by atoms with Gasteiger partial charge >= 0.3 is 0 Å². The Morgan fingerprint density at radius 3 is 2.83 bits per heavy atom. The molecule has 1 aromatic carbocycles. The molecule has 1 aliphatic heterocycles. The highest BCUT2D eigenvalue weighted by Crippen LogP contribution is 2.30. The average molecular weight is 326 g/mol. The third-order valence-electron chi connectivity index (χ3n) is 5.01. The lowest BCUT2D eigenvalue weighted by Gasteiger charge is -2.38. The first-order valence-corrected chi connectivity index (χ1v) is 8.30. The standard InChI is InChI=1S/C18H19FN4O/c1-11-6-12(19)7-16-15(11)8-17(21-16)18(24)22-4-5-23(13-2-3-13)14(9-20)10-22/h6-8,13-14,21H,2-5,10H2,1H3. The third-order valence-corrected chi connectivity index (χ3v) is 5.01. The number of piperazine rings is 1. The summed E-state index contributed by atoms with van der Waals surface area (Å²) in [7, 11) is 0. The Hall–Kier alpha value is -2.39. The number of halogens is 1. The zero-order valence-electron chi connectivity index (χ0n) is 13.6. The van der Waals surface area contributed by atoms with Crippen molar-refractivity contribution in [3.63, 3.8) is 0 Å². The molecule has 1 aromatic heterocycles. The van der Waals surface area contributed by atoms with Crippen molar-refractivity contribution in [1.82, 2.24) is 14.8 Å². The second-order valence-electron chi connectivity index (χ2n) is 6.73. The van der Waals surface area contributed by atoms with Gasteiger partial charge < -0.3 is 9.88 Å². The summed E-state index contributed by atoms with van der Waals surface area (Å²) in [5, 5.41) is 10.3. The van der Waals surface area contributed by atoms with Gasteiger partial charge in [0.05, 0.1) is 12.6 Å². The molecule has 124 valence electrons. The first kappa shape index (κ1) is 15.2. The number of rotatable bonds is 2. The molecule has 1 amide bonds. The minimum absolute atomic E-state index is 0.123. The van der Waals surface area contributed by atoms with Gasteiger partial charge in [0.1, 0.15) is 17.6 Å². The number of amides is 1. The van der Waals surface area contributed by atoms with E-state index in [9.17, 15) is 14.4 Å². The lowest BCUT2D eigenvalue weighted by Crippen LogP contribution is -2.54. The Labute approximate surface area is 139 Å². The highest BCUT2D eigenvalue weighted by molar-refractivity contribution is 5.99. The number of carbonyl (C=O) groups is 1. The number of H-pyrrole nitrogens is 1. The van der Waals surface area contributed by atoms with Crippen LogP contribution in [0, 0.1) is 24.1 Å². The third kappa shape index (κ3) is 2.55. The minimum Gasteiger partial charge on any atom is -0.350 e. The number of hydrogen-bond donors (Lipinski definition) is 1. The van der Waals surface area contributed by atoms with Crippen molar-refractivity contribution in [2.45, 2.75) is 31.8 Å². The molecule has 2 fully saturated rings. The van der Waals surface area contributed by atoms with E-state index >= 15 is 0 Å². The van der Waals surface area contributed by atoms with Gasteiger partial charge in [-0.3, -0.25) is 9.69 Å². The summed E-state index contributed by atoms with van der Waals surface area (Å²) in [5.41, 5.74) is 1.88. The fourth-order valence-electron chi connectivity index (χ4n) is 3.60. The van der Waals surface area contributed by atoms with Crippen LogP contribution in [0.5, 0.6) is 0 Å². The van der Waals surface area contributed by atoms with E-state index in [0.717, 1.165) is 30.3 Å². The number of nitrogens with zero attached hydrogens (tertiary/aromatic N) is 3. The van der Waals surface area contributed by atoms with Crippen molar-refractivity contribution >= 4 is 16.8 Å². The summed E-state index contributed by atoms with van der Waals surface area (Å²) in [4.78, 5) is 19.8. The molecule has 1 atom stereocenters. The topological polar surface area (TPSA) is 63.1 Å². The molecule has 0 radical (unpaired) electrons. The molecular formula is C18H19FN4O. The van der Waals surface area contributed by atoms with E-state index in [2.05, 4.69) is 16.0 Å². The number of aryl methyl sites for hydroxylation is 1. The van der Waals surface area contributed by atoms with Gasteiger partial charge in [-0.1, -0.05) is 0 Å². The maximum Gasteiger partial charge on any atom is 0.270 e. The molecule has 0 bridgehead atoms. The number of benzene rings is 1. The first-order chi connectivity index (χ1) is 11.6. The van der Waals surface area contributed by atoms with Gasteiger partial charge in [-0.2, -0.15) is 5.26 Å². The zero-order chi connectivity index (χ0) is 16.8. The van der Waals surface area contributed by atoms with Gasteiger partial charge in [0.2, 0.25) is 0 Å². The van der Waals surface area contributed by atoms with E-state index in [4.69, 9.17) is 0 Å². The van der Waals surface area contributed by atoms with Gasteiger partial charge in [-0.15, -0.1) is 0 Å². The van der Waals surface area contributed by atoms with Crippen molar-refractivity contribution in [3.05, 3.63) is 35.3 Å². The van der Waals surface area contributed by atoms with E-state index in [-0.39, 0.29) is 17.8 Å². The van der Waals surface area contributed by atoms with Gasteiger partial charge in [0, 0.05) is 30.0 Å². The van der Waals surface area contributed by atoms with Crippen LogP contribution in [0.15, 0.2) is 18.2 Å². The largest absolute Gasteiger partial charge is 0.350 e. The maximum atomic E-state index is 13.5.